The van der Waals surface area contributed by atoms with Gasteiger partial charge in [0.05, 0.1) is 31.8 Å². The largest absolute Gasteiger partial charge is 0.507 e. The molecule has 2 saturated heterocycles. The van der Waals surface area contributed by atoms with Gasteiger partial charge in [-0.15, -0.1) is 0 Å². The van der Waals surface area contributed by atoms with E-state index in [0.717, 1.165) is 47.9 Å². The Morgan fingerprint density at radius 1 is 0.511 bits per heavy atom. The Balaban J connectivity index is 1.31. The second-order valence-electron chi connectivity index (χ2n) is 17.8. The van der Waals surface area contributed by atoms with Crippen molar-refractivity contribution in [3.05, 3.63) is 57.6 Å². The van der Waals surface area contributed by atoms with Gasteiger partial charge in [-0.25, -0.2) is 0 Å². The van der Waals surface area contributed by atoms with Gasteiger partial charge in [0.2, 0.25) is 0 Å². The fourth-order valence-electron chi connectivity index (χ4n) is 6.29. The molecule has 6 heteroatoms. The smallest absolute Gasteiger partial charge is 0.157 e. The van der Waals surface area contributed by atoms with Gasteiger partial charge in [0.1, 0.15) is 11.5 Å². The summed E-state index contributed by atoms with van der Waals surface area (Å²) in [6, 6.07) is 8.57. The number of ether oxygens (including phenoxy) is 4. The molecule has 0 saturated carbocycles. The third kappa shape index (κ3) is 8.62. The Kier molecular flexibility index (Phi) is 10.2. The van der Waals surface area contributed by atoms with Crippen LogP contribution in [0.5, 0.6) is 11.5 Å². The minimum atomic E-state index is -0.290. The molecule has 0 atom stereocenters. The van der Waals surface area contributed by atoms with Crippen molar-refractivity contribution in [3.63, 3.8) is 0 Å². The second kappa shape index (κ2) is 12.8. The lowest BCUT2D eigenvalue weighted by molar-refractivity contribution is -0.303. The highest BCUT2D eigenvalue weighted by atomic mass is 16.7. The van der Waals surface area contributed by atoms with Crippen LogP contribution in [0.25, 0.3) is 0 Å². The molecule has 2 aromatic rings. The summed E-state index contributed by atoms with van der Waals surface area (Å²) in [6.07, 6.45) is 2.56. The Labute approximate surface area is 272 Å². The molecule has 2 aliphatic rings. The second-order valence-corrected chi connectivity index (χ2v) is 17.8. The van der Waals surface area contributed by atoms with Gasteiger partial charge in [-0.2, -0.15) is 0 Å². The zero-order valence-electron chi connectivity index (χ0n) is 30.1. The molecule has 2 N–H and O–H groups in total. The van der Waals surface area contributed by atoms with Gasteiger partial charge in [0.15, 0.2) is 12.6 Å². The van der Waals surface area contributed by atoms with Gasteiger partial charge >= 0.3 is 0 Å². The first-order chi connectivity index (χ1) is 20.6. The molecular formula is C39H60O6. The van der Waals surface area contributed by atoms with Crippen molar-refractivity contribution in [1.82, 2.24) is 0 Å². The summed E-state index contributed by atoms with van der Waals surface area (Å²) in [4.78, 5) is 0. The van der Waals surface area contributed by atoms with E-state index in [-0.39, 0.29) is 39.7 Å². The number of hydrogen-bond acceptors (Lipinski definition) is 6. The highest BCUT2D eigenvalue weighted by molar-refractivity contribution is 5.51. The first-order valence-electron chi connectivity index (χ1n) is 16.8. The van der Waals surface area contributed by atoms with Gasteiger partial charge in [0.25, 0.3) is 0 Å². The molecule has 0 radical (unpaired) electrons. The highest BCUT2D eigenvalue weighted by Gasteiger charge is 2.42. The molecule has 1 spiro atoms. The molecule has 2 fully saturated rings. The van der Waals surface area contributed by atoms with E-state index in [1.54, 1.807) is 0 Å². The van der Waals surface area contributed by atoms with E-state index in [0.29, 0.717) is 37.9 Å². The van der Waals surface area contributed by atoms with Crippen LogP contribution in [0.1, 0.15) is 129 Å². The van der Waals surface area contributed by atoms with Crippen molar-refractivity contribution in [2.24, 2.45) is 5.41 Å². The maximum absolute atomic E-state index is 11.1. The summed E-state index contributed by atoms with van der Waals surface area (Å²) >= 11 is 0. The topological polar surface area (TPSA) is 77.4 Å². The van der Waals surface area contributed by atoms with Crippen molar-refractivity contribution >= 4 is 0 Å². The molecule has 0 amide bonds. The van der Waals surface area contributed by atoms with E-state index in [1.165, 1.54) is 11.1 Å². The van der Waals surface area contributed by atoms with Crippen LogP contribution in [0.2, 0.25) is 0 Å². The number of benzene rings is 2. The van der Waals surface area contributed by atoms with Crippen LogP contribution in [0.4, 0.5) is 0 Å². The summed E-state index contributed by atoms with van der Waals surface area (Å²) in [6.45, 7) is 27.9. The fraction of sp³-hybridized carbons (Fsp3) is 0.692. The lowest BCUT2D eigenvalue weighted by atomic mass is 9.78. The summed E-state index contributed by atoms with van der Waals surface area (Å²) in [5, 5.41) is 22.1. The van der Waals surface area contributed by atoms with E-state index in [1.807, 2.05) is 0 Å². The zero-order valence-corrected chi connectivity index (χ0v) is 30.1. The van der Waals surface area contributed by atoms with Crippen LogP contribution in [-0.4, -0.2) is 49.2 Å². The Bertz CT molecular complexity index is 1140. The molecule has 45 heavy (non-hydrogen) atoms. The van der Waals surface area contributed by atoms with E-state index >= 15 is 0 Å². The average Bonchev–Trinajstić information content (AvgIpc) is 2.91. The molecule has 0 aliphatic carbocycles. The Morgan fingerprint density at radius 3 is 0.978 bits per heavy atom. The maximum Gasteiger partial charge on any atom is 0.157 e. The normalized spacial score (nSPS) is 23.5. The van der Waals surface area contributed by atoms with Gasteiger partial charge in [-0.05, 0) is 67.9 Å². The molecule has 252 valence electrons. The molecule has 0 aromatic heterocycles. The first-order valence-corrected chi connectivity index (χ1v) is 16.8. The van der Waals surface area contributed by atoms with E-state index in [4.69, 9.17) is 18.9 Å². The fourth-order valence-corrected chi connectivity index (χ4v) is 6.29. The van der Waals surface area contributed by atoms with Gasteiger partial charge in [-0.1, -0.05) is 107 Å². The molecular weight excluding hydrogens is 564 g/mol. The predicted molar refractivity (Wildman–Crippen MR) is 181 cm³/mol. The standard InChI is InChI=1S/C39H60O6/c1-35(2,3)27-17-25(18-28(33(27)40)36(4,5)6)13-15-31-42-21-39(22-43-31)23-44-32(45-24-39)16-14-26-19-29(37(7,8)9)34(41)30(20-26)38(10,11)12/h17-20,31-32,40-41H,13-16,21-24H2,1-12H3. The lowest BCUT2D eigenvalue weighted by Gasteiger charge is -2.43. The third-order valence-corrected chi connectivity index (χ3v) is 9.21. The van der Waals surface area contributed by atoms with Crippen LogP contribution in [0.15, 0.2) is 24.3 Å². The maximum atomic E-state index is 11.1. The minimum Gasteiger partial charge on any atom is -0.507 e. The number of hydrogen-bond donors (Lipinski definition) is 2. The van der Waals surface area contributed by atoms with Crippen LogP contribution < -0.4 is 0 Å². The van der Waals surface area contributed by atoms with Crippen LogP contribution in [-0.2, 0) is 53.4 Å². The molecule has 6 nitrogen and oxygen atoms in total. The molecule has 2 aliphatic heterocycles. The van der Waals surface area contributed by atoms with Crippen molar-refractivity contribution in [2.45, 2.75) is 143 Å². The van der Waals surface area contributed by atoms with Crippen molar-refractivity contribution < 1.29 is 29.2 Å². The van der Waals surface area contributed by atoms with Gasteiger partial charge in [-0.3, -0.25) is 0 Å². The lowest BCUT2D eigenvalue weighted by Crippen LogP contribution is -2.52. The summed E-state index contributed by atoms with van der Waals surface area (Å²) in [5.41, 5.74) is 5.41. The number of aryl methyl sites for hydroxylation is 2. The summed E-state index contributed by atoms with van der Waals surface area (Å²) in [7, 11) is 0. The Morgan fingerprint density at radius 2 is 0.756 bits per heavy atom. The average molecular weight is 625 g/mol. The van der Waals surface area contributed by atoms with Crippen LogP contribution in [0, 0.1) is 5.41 Å². The van der Waals surface area contributed by atoms with E-state index in [2.05, 4.69) is 107 Å². The number of aromatic hydroxyl groups is 2. The Hall–Kier alpha value is -2.12. The molecule has 2 heterocycles. The molecule has 2 aromatic carbocycles. The van der Waals surface area contributed by atoms with E-state index in [9.17, 15) is 10.2 Å². The highest BCUT2D eigenvalue weighted by Crippen LogP contribution is 2.42. The molecule has 0 bridgehead atoms. The van der Waals surface area contributed by atoms with Crippen LogP contribution in [0.3, 0.4) is 0 Å². The SMILES string of the molecule is CC(C)(C)c1cc(CCC2OCC3(CO2)COC(CCc2cc(C(C)(C)C)c(O)c(C(C)(C)C)c2)OC3)cc(C(C)(C)C)c1O. The third-order valence-electron chi connectivity index (χ3n) is 9.21. The van der Waals surface area contributed by atoms with Gasteiger partial charge < -0.3 is 29.2 Å². The van der Waals surface area contributed by atoms with Crippen molar-refractivity contribution in [3.8, 4) is 11.5 Å². The summed E-state index contributed by atoms with van der Waals surface area (Å²) < 4.78 is 24.9. The minimum absolute atomic E-state index is 0.155. The van der Waals surface area contributed by atoms with E-state index < -0.39 is 0 Å². The number of rotatable bonds is 6. The van der Waals surface area contributed by atoms with Crippen LogP contribution >= 0.6 is 0 Å². The number of phenols is 2. The quantitative estimate of drug-likeness (QED) is 0.335. The van der Waals surface area contributed by atoms with Crippen molar-refractivity contribution in [1.29, 1.82) is 0 Å². The monoisotopic (exact) mass is 624 g/mol. The summed E-state index contributed by atoms with van der Waals surface area (Å²) in [5.74, 6) is 0.822. The molecule has 4 rings (SSSR count). The van der Waals surface area contributed by atoms with Gasteiger partial charge in [0, 0.05) is 12.8 Å². The number of phenolic OH excluding ortho intramolecular Hbond substituents is 2. The predicted octanol–water partition coefficient (Wildman–Crippen LogP) is 8.59. The zero-order chi connectivity index (χ0) is 33.6. The first kappa shape index (κ1) is 35.7. The molecule has 0 unspecified atom stereocenters. The van der Waals surface area contributed by atoms with Crippen molar-refractivity contribution in [2.75, 3.05) is 26.4 Å².